The number of hydrogen-bond donors (Lipinski definition) is 2. The zero-order valence-electron chi connectivity index (χ0n) is 22.9. The maximum atomic E-state index is 14.0. The maximum Gasteiger partial charge on any atom is 0.254 e. The van der Waals surface area contributed by atoms with E-state index in [4.69, 9.17) is 23.2 Å². The number of carbonyl (C=O) groups excluding carboxylic acids is 4. The molecule has 1 saturated carbocycles. The van der Waals surface area contributed by atoms with Crippen LogP contribution in [0.25, 0.3) is 0 Å². The number of allylic oxidation sites excluding steroid dienone is 2. The summed E-state index contributed by atoms with van der Waals surface area (Å²) in [4.78, 5) is 53.7. The first-order chi connectivity index (χ1) is 19.8. The van der Waals surface area contributed by atoms with Crippen LogP contribution in [0.1, 0.15) is 41.0 Å². The van der Waals surface area contributed by atoms with Gasteiger partial charge in [0.1, 0.15) is 11.5 Å². The van der Waals surface area contributed by atoms with E-state index in [1.807, 2.05) is 6.08 Å². The number of alkyl halides is 3. The van der Waals surface area contributed by atoms with Gasteiger partial charge in [0, 0.05) is 12.5 Å². The Morgan fingerprint density at radius 2 is 1.57 bits per heavy atom. The molecule has 6 rings (SSSR count). The second-order valence-electron chi connectivity index (χ2n) is 11.7. The second kappa shape index (κ2) is 10.1. The van der Waals surface area contributed by atoms with Crippen molar-refractivity contribution in [2.75, 3.05) is 12.0 Å². The Morgan fingerprint density at radius 1 is 0.929 bits per heavy atom. The Balaban J connectivity index is 1.43. The molecule has 3 fully saturated rings. The summed E-state index contributed by atoms with van der Waals surface area (Å²) in [5, 5.41) is 20.1. The van der Waals surface area contributed by atoms with Crippen molar-refractivity contribution in [1.82, 2.24) is 9.80 Å². The number of aromatic hydroxyl groups is 2. The molecule has 0 spiro atoms. The monoisotopic (exact) mass is 674 g/mol. The highest BCUT2D eigenvalue weighted by Gasteiger charge is 2.76. The zero-order chi connectivity index (χ0) is 30.3. The van der Waals surface area contributed by atoms with Gasteiger partial charge < -0.3 is 10.2 Å². The fourth-order valence-corrected chi connectivity index (χ4v) is 8.90. The predicted molar refractivity (Wildman–Crippen MR) is 159 cm³/mol. The van der Waals surface area contributed by atoms with Crippen molar-refractivity contribution >= 4 is 62.8 Å². The van der Waals surface area contributed by atoms with Gasteiger partial charge in [-0.2, -0.15) is 0 Å². The average Bonchev–Trinajstić information content (AvgIpc) is 3.28. The highest BCUT2D eigenvalue weighted by atomic mass is 79.9. The summed E-state index contributed by atoms with van der Waals surface area (Å²) in [6, 6.07) is 10.1. The Morgan fingerprint density at radius 3 is 2.19 bits per heavy atom. The van der Waals surface area contributed by atoms with E-state index in [-0.39, 0.29) is 48.2 Å². The molecule has 42 heavy (non-hydrogen) atoms. The SMILES string of the molecule is Cc1cc(C2C3=CCC4C(=O)N(CCc5ccc(O)cc5)C(=O)C4C3CC3(Cl)C(=O)N(CBr)C(=O)C23Cl)cc(C)c1O. The minimum absolute atomic E-state index is 0.0729. The van der Waals surface area contributed by atoms with E-state index < -0.39 is 45.2 Å². The number of likely N-dealkylation sites (tertiary alicyclic amines) is 2. The zero-order valence-corrected chi connectivity index (χ0v) is 26.0. The number of amides is 4. The van der Waals surface area contributed by atoms with Gasteiger partial charge in [0.2, 0.25) is 11.8 Å². The van der Waals surface area contributed by atoms with Gasteiger partial charge in [-0.3, -0.25) is 29.0 Å². The summed E-state index contributed by atoms with van der Waals surface area (Å²) >= 11 is 17.8. The van der Waals surface area contributed by atoms with Gasteiger partial charge in [0.25, 0.3) is 11.8 Å². The summed E-state index contributed by atoms with van der Waals surface area (Å²) < 4.78 is 0. The molecule has 6 unspecified atom stereocenters. The third-order valence-electron chi connectivity index (χ3n) is 9.51. The lowest BCUT2D eigenvalue weighted by atomic mass is 9.56. The van der Waals surface area contributed by atoms with Crippen molar-refractivity contribution < 1.29 is 29.4 Å². The lowest BCUT2D eigenvalue weighted by Gasteiger charge is -2.51. The van der Waals surface area contributed by atoms with Gasteiger partial charge in [-0.25, -0.2) is 0 Å². The number of fused-ring (bicyclic) bond motifs is 4. The molecule has 0 bridgehead atoms. The highest BCUT2D eigenvalue weighted by molar-refractivity contribution is 9.09. The fourth-order valence-electron chi connectivity index (χ4n) is 7.47. The largest absolute Gasteiger partial charge is 0.508 e. The van der Waals surface area contributed by atoms with Crippen molar-refractivity contribution in [3.8, 4) is 11.5 Å². The molecular formula is C31H29BrCl2N2O6. The third-order valence-corrected chi connectivity index (χ3v) is 11.4. The summed E-state index contributed by atoms with van der Waals surface area (Å²) in [7, 11) is 0. The lowest BCUT2D eigenvalue weighted by Crippen LogP contribution is -2.60. The van der Waals surface area contributed by atoms with Crippen LogP contribution in [-0.4, -0.2) is 65.4 Å². The number of imide groups is 2. The number of halogens is 3. The molecular weight excluding hydrogens is 647 g/mol. The minimum atomic E-state index is -1.88. The molecule has 0 radical (unpaired) electrons. The summed E-state index contributed by atoms with van der Waals surface area (Å²) in [6.45, 7) is 3.66. The van der Waals surface area contributed by atoms with Gasteiger partial charge in [-0.15, -0.1) is 23.2 Å². The van der Waals surface area contributed by atoms with Crippen molar-refractivity contribution in [3.05, 3.63) is 70.3 Å². The van der Waals surface area contributed by atoms with Crippen LogP contribution in [0.4, 0.5) is 0 Å². The molecule has 2 aliphatic heterocycles. The van der Waals surface area contributed by atoms with Crippen LogP contribution in [0.15, 0.2) is 48.0 Å². The standard InChI is InChI=1S/C31H29BrCl2N2O6/c1-15-11-18(12-16(2)25(15)38)24-20-7-8-21-23(22(20)13-30(33)28(41)36(14-32)29(42)31(24,30)34)27(40)35(26(21)39)10-9-17-3-5-19(37)6-4-17/h3-7,11-12,21-24,37-38H,8-10,13-14H2,1-2H3. The number of rotatable bonds is 5. The Kier molecular flexibility index (Phi) is 7.02. The number of hydrogen-bond acceptors (Lipinski definition) is 6. The Labute approximate surface area is 261 Å². The molecule has 4 amide bonds. The first-order valence-corrected chi connectivity index (χ1v) is 15.7. The van der Waals surface area contributed by atoms with Gasteiger partial charge in [-0.05, 0) is 73.4 Å². The van der Waals surface area contributed by atoms with Gasteiger partial charge in [-0.1, -0.05) is 51.8 Å². The van der Waals surface area contributed by atoms with Crippen molar-refractivity contribution in [3.63, 3.8) is 0 Å². The average molecular weight is 676 g/mol. The molecule has 2 aromatic carbocycles. The summed E-state index contributed by atoms with van der Waals surface area (Å²) in [6.07, 6.45) is 2.54. The Hall–Kier alpha value is -2.88. The van der Waals surface area contributed by atoms with E-state index >= 15 is 0 Å². The van der Waals surface area contributed by atoms with Crippen LogP contribution in [0.5, 0.6) is 11.5 Å². The number of phenolic OH excluding ortho intramolecular Hbond substituents is 2. The topological polar surface area (TPSA) is 115 Å². The number of phenols is 2. The molecule has 2 aliphatic carbocycles. The van der Waals surface area contributed by atoms with Crippen LogP contribution < -0.4 is 0 Å². The molecule has 220 valence electrons. The number of carbonyl (C=O) groups is 4. The molecule has 2 heterocycles. The van der Waals surface area contributed by atoms with Crippen LogP contribution in [0.2, 0.25) is 0 Å². The Bertz CT molecular complexity index is 1550. The van der Waals surface area contributed by atoms with Gasteiger partial charge in [0.15, 0.2) is 9.75 Å². The predicted octanol–water partition coefficient (Wildman–Crippen LogP) is 4.67. The highest BCUT2D eigenvalue weighted by Crippen LogP contribution is 2.65. The smallest absolute Gasteiger partial charge is 0.254 e. The normalized spacial score (nSPS) is 32.2. The molecule has 6 atom stereocenters. The maximum absolute atomic E-state index is 14.0. The molecule has 2 saturated heterocycles. The minimum Gasteiger partial charge on any atom is -0.508 e. The van der Waals surface area contributed by atoms with Crippen molar-refractivity contribution in [1.29, 1.82) is 0 Å². The van der Waals surface area contributed by atoms with Crippen LogP contribution >= 0.6 is 39.1 Å². The van der Waals surface area contributed by atoms with E-state index in [1.54, 1.807) is 50.2 Å². The number of benzene rings is 2. The van der Waals surface area contributed by atoms with E-state index in [1.165, 1.54) is 4.90 Å². The van der Waals surface area contributed by atoms with Gasteiger partial charge >= 0.3 is 0 Å². The molecule has 8 nitrogen and oxygen atoms in total. The van der Waals surface area contributed by atoms with Crippen LogP contribution in [0.3, 0.4) is 0 Å². The van der Waals surface area contributed by atoms with E-state index in [0.717, 1.165) is 10.5 Å². The van der Waals surface area contributed by atoms with Crippen molar-refractivity contribution in [2.24, 2.45) is 17.8 Å². The summed E-state index contributed by atoms with van der Waals surface area (Å²) in [5.41, 5.74) is 3.25. The van der Waals surface area contributed by atoms with E-state index in [0.29, 0.717) is 28.7 Å². The molecule has 4 aliphatic rings. The van der Waals surface area contributed by atoms with Gasteiger partial charge in [0.05, 0.1) is 17.3 Å². The number of aryl methyl sites for hydroxylation is 2. The second-order valence-corrected chi connectivity index (χ2v) is 13.5. The third kappa shape index (κ3) is 3.92. The first-order valence-electron chi connectivity index (χ1n) is 13.8. The van der Waals surface area contributed by atoms with Crippen molar-refractivity contribution in [2.45, 2.75) is 48.8 Å². The quantitative estimate of drug-likeness (QED) is 0.206. The molecule has 2 N–H and O–H groups in total. The van der Waals surface area contributed by atoms with Crippen LogP contribution in [-0.2, 0) is 25.6 Å². The fraction of sp³-hybridized carbons (Fsp3) is 0.419. The molecule has 11 heteroatoms. The summed E-state index contributed by atoms with van der Waals surface area (Å²) in [5.74, 6) is -4.46. The lowest BCUT2D eigenvalue weighted by molar-refractivity contribution is -0.141. The van der Waals surface area contributed by atoms with Crippen LogP contribution in [0, 0.1) is 31.6 Å². The molecule has 0 aromatic heterocycles. The number of nitrogens with zero attached hydrogens (tertiary/aromatic N) is 2. The van der Waals surface area contributed by atoms with E-state index in [9.17, 15) is 29.4 Å². The molecule has 2 aromatic rings. The van der Waals surface area contributed by atoms with E-state index in [2.05, 4.69) is 15.9 Å². The first kappa shape index (κ1) is 29.2.